The maximum atomic E-state index is 12.6. The molecule has 0 unspecified atom stereocenters. The summed E-state index contributed by atoms with van der Waals surface area (Å²) in [6, 6.07) is 3.44. The van der Waals surface area contributed by atoms with Crippen LogP contribution in [0.2, 0.25) is 5.02 Å². The molecule has 0 saturated carbocycles. The van der Waals surface area contributed by atoms with E-state index in [0.717, 1.165) is 13.1 Å². The number of halogens is 1. The topological polar surface area (TPSA) is 78.9 Å². The number of carbonyl (C=O) groups excluding carboxylic acids is 1. The fourth-order valence-corrected chi connectivity index (χ4v) is 4.14. The molecule has 0 bridgehead atoms. The Morgan fingerprint density at radius 3 is 2.50 bits per heavy atom. The molecule has 7 nitrogen and oxygen atoms in total. The van der Waals surface area contributed by atoms with Crippen LogP contribution in [0.15, 0.2) is 23.1 Å². The molecule has 1 fully saturated rings. The number of amides is 1. The van der Waals surface area contributed by atoms with Gasteiger partial charge >= 0.3 is 0 Å². The largest absolute Gasteiger partial charge is 0.495 e. The van der Waals surface area contributed by atoms with Crippen LogP contribution in [0.4, 0.5) is 0 Å². The highest BCUT2D eigenvalue weighted by atomic mass is 35.5. The van der Waals surface area contributed by atoms with Crippen molar-refractivity contribution in [3.8, 4) is 5.75 Å². The van der Waals surface area contributed by atoms with Gasteiger partial charge in [0.2, 0.25) is 15.9 Å². The molecule has 1 heterocycles. The lowest BCUT2D eigenvalue weighted by atomic mass is 10.2. The molecule has 0 spiro atoms. The van der Waals surface area contributed by atoms with E-state index in [2.05, 4.69) is 9.62 Å². The summed E-state index contributed by atoms with van der Waals surface area (Å²) in [5, 5.41) is 0.272. The monoisotopic (exact) mass is 375 g/mol. The van der Waals surface area contributed by atoms with E-state index < -0.39 is 16.1 Å². The summed E-state index contributed by atoms with van der Waals surface area (Å²) in [4.78, 5) is 16.2. The fourth-order valence-electron chi connectivity index (χ4n) is 2.51. The van der Waals surface area contributed by atoms with Gasteiger partial charge in [0, 0.05) is 31.2 Å². The molecule has 0 radical (unpaired) electrons. The molecule has 1 aromatic rings. The maximum Gasteiger partial charge on any atom is 0.245 e. The van der Waals surface area contributed by atoms with E-state index >= 15 is 0 Å². The zero-order valence-electron chi connectivity index (χ0n) is 14.0. The number of nitrogens with zero attached hydrogens (tertiary/aromatic N) is 2. The summed E-state index contributed by atoms with van der Waals surface area (Å²) in [7, 11) is -0.575. The van der Waals surface area contributed by atoms with Crippen LogP contribution in [-0.2, 0) is 14.8 Å². The number of piperazine rings is 1. The van der Waals surface area contributed by atoms with E-state index in [-0.39, 0.29) is 21.6 Å². The van der Waals surface area contributed by atoms with E-state index in [1.54, 1.807) is 4.90 Å². The molecule has 1 aromatic carbocycles. The molecular weight excluding hydrogens is 354 g/mol. The van der Waals surface area contributed by atoms with Crippen molar-refractivity contribution in [3.63, 3.8) is 0 Å². The molecule has 1 amide bonds. The minimum Gasteiger partial charge on any atom is -0.495 e. The lowest BCUT2D eigenvalue weighted by Gasteiger charge is -2.34. The highest BCUT2D eigenvalue weighted by Gasteiger charge is 2.29. The predicted octanol–water partition coefficient (Wildman–Crippen LogP) is 0.789. The van der Waals surface area contributed by atoms with E-state index in [9.17, 15) is 13.2 Å². The summed E-state index contributed by atoms with van der Waals surface area (Å²) in [5.74, 6) is -0.0705. The van der Waals surface area contributed by atoms with Gasteiger partial charge in [-0.1, -0.05) is 11.6 Å². The summed E-state index contributed by atoms with van der Waals surface area (Å²) in [5.41, 5.74) is 0. The third kappa shape index (κ3) is 4.38. The Hall–Kier alpha value is -1.35. The molecule has 1 aliphatic rings. The summed E-state index contributed by atoms with van der Waals surface area (Å²) in [6.07, 6.45) is 0. The molecule has 1 aliphatic heterocycles. The zero-order chi connectivity index (χ0) is 17.9. The molecule has 0 aliphatic carbocycles. The predicted molar refractivity (Wildman–Crippen MR) is 91.9 cm³/mol. The van der Waals surface area contributed by atoms with Crippen LogP contribution in [0, 0.1) is 0 Å². The minimum atomic E-state index is -3.94. The average molecular weight is 376 g/mol. The Morgan fingerprint density at radius 1 is 1.29 bits per heavy atom. The molecule has 1 N–H and O–H groups in total. The Morgan fingerprint density at radius 2 is 1.92 bits per heavy atom. The number of sulfonamides is 1. The van der Waals surface area contributed by atoms with Gasteiger partial charge in [-0.25, -0.2) is 8.42 Å². The van der Waals surface area contributed by atoms with Crippen LogP contribution >= 0.6 is 11.6 Å². The zero-order valence-corrected chi connectivity index (χ0v) is 15.5. The Balaban J connectivity index is 2.14. The smallest absolute Gasteiger partial charge is 0.245 e. The summed E-state index contributed by atoms with van der Waals surface area (Å²) < 4.78 is 32.7. The van der Waals surface area contributed by atoms with Crippen LogP contribution in [0.1, 0.15) is 6.92 Å². The van der Waals surface area contributed by atoms with Crippen LogP contribution in [-0.4, -0.2) is 70.5 Å². The van der Waals surface area contributed by atoms with Crippen molar-refractivity contribution in [2.75, 3.05) is 40.3 Å². The number of ether oxygens (including phenoxy) is 1. The second kappa shape index (κ2) is 7.69. The number of methoxy groups -OCH3 is 1. The fraction of sp³-hybridized carbons (Fsp3) is 0.533. The molecule has 0 aromatic heterocycles. The van der Waals surface area contributed by atoms with E-state index in [4.69, 9.17) is 16.3 Å². The number of nitrogens with one attached hydrogen (secondary N) is 1. The molecule has 134 valence electrons. The van der Waals surface area contributed by atoms with Gasteiger partial charge in [0.25, 0.3) is 0 Å². The molecule has 24 heavy (non-hydrogen) atoms. The number of hydrogen-bond donors (Lipinski definition) is 1. The van der Waals surface area contributed by atoms with Crippen LogP contribution in [0.5, 0.6) is 5.75 Å². The van der Waals surface area contributed by atoms with E-state index in [0.29, 0.717) is 13.1 Å². The van der Waals surface area contributed by atoms with E-state index in [1.165, 1.54) is 32.2 Å². The number of benzene rings is 1. The van der Waals surface area contributed by atoms with Crippen LogP contribution in [0.3, 0.4) is 0 Å². The molecule has 1 atom stereocenters. The van der Waals surface area contributed by atoms with Gasteiger partial charge in [-0.2, -0.15) is 4.72 Å². The maximum absolute atomic E-state index is 12.6. The Labute approximate surface area is 147 Å². The van der Waals surface area contributed by atoms with Gasteiger partial charge in [0.05, 0.1) is 13.2 Å². The second-order valence-corrected chi connectivity index (χ2v) is 7.89. The van der Waals surface area contributed by atoms with Gasteiger partial charge in [-0.3, -0.25) is 4.79 Å². The van der Waals surface area contributed by atoms with E-state index in [1.807, 2.05) is 7.05 Å². The van der Waals surface area contributed by atoms with Crippen molar-refractivity contribution in [1.29, 1.82) is 0 Å². The van der Waals surface area contributed by atoms with Gasteiger partial charge in [-0.15, -0.1) is 0 Å². The van der Waals surface area contributed by atoms with Crippen molar-refractivity contribution in [1.82, 2.24) is 14.5 Å². The van der Waals surface area contributed by atoms with Gasteiger partial charge in [0.1, 0.15) is 10.6 Å². The molecule has 1 saturated heterocycles. The standard InChI is InChI=1S/C15H22ClN3O4S/c1-11(15(20)19-8-6-18(2)7-9-19)17-24(21,22)14-10-12(16)4-5-13(14)23-3/h4-5,10-11,17H,6-9H2,1-3H3/t11-/m0/s1. The lowest BCUT2D eigenvalue weighted by Crippen LogP contribution is -2.53. The van der Waals surface area contributed by atoms with Gasteiger partial charge < -0.3 is 14.5 Å². The normalized spacial score (nSPS) is 17.6. The van der Waals surface area contributed by atoms with Crippen LogP contribution < -0.4 is 9.46 Å². The van der Waals surface area contributed by atoms with Gasteiger partial charge in [0.15, 0.2) is 0 Å². The van der Waals surface area contributed by atoms with Gasteiger partial charge in [-0.05, 0) is 32.2 Å². The highest BCUT2D eigenvalue weighted by molar-refractivity contribution is 7.89. The minimum absolute atomic E-state index is 0.0875. The highest BCUT2D eigenvalue weighted by Crippen LogP contribution is 2.27. The van der Waals surface area contributed by atoms with Crippen molar-refractivity contribution >= 4 is 27.5 Å². The number of rotatable bonds is 5. The molecular formula is C15H22ClN3O4S. The Kier molecular flexibility index (Phi) is 6.08. The molecule has 9 heteroatoms. The van der Waals surface area contributed by atoms with Crippen LogP contribution in [0.25, 0.3) is 0 Å². The quantitative estimate of drug-likeness (QED) is 0.823. The SMILES string of the molecule is COc1ccc(Cl)cc1S(=O)(=O)N[C@@H](C)C(=O)N1CCN(C)CC1. The van der Waals surface area contributed by atoms with Crippen molar-refractivity contribution in [3.05, 3.63) is 23.2 Å². The van der Waals surface area contributed by atoms with Crippen molar-refractivity contribution in [2.24, 2.45) is 0 Å². The second-order valence-electron chi connectivity index (χ2n) is 5.77. The first-order valence-electron chi connectivity index (χ1n) is 7.58. The number of carbonyl (C=O) groups is 1. The molecule has 2 rings (SSSR count). The first kappa shape index (κ1) is 19.0. The third-order valence-corrected chi connectivity index (χ3v) is 5.73. The lowest BCUT2D eigenvalue weighted by molar-refractivity contribution is -0.134. The number of hydrogen-bond acceptors (Lipinski definition) is 5. The first-order valence-corrected chi connectivity index (χ1v) is 9.44. The average Bonchev–Trinajstić information content (AvgIpc) is 2.54. The summed E-state index contributed by atoms with van der Waals surface area (Å²) in [6.45, 7) is 4.25. The summed E-state index contributed by atoms with van der Waals surface area (Å²) >= 11 is 5.89. The van der Waals surface area contributed by atoms with Crippen molar-refractivity contribution in [2.45, 2.75) is 17.9 Å². The Bertz CT molecular complexity index is 703. The van der Waals surface area contributed by atoms with Crippen molar-refractivity contribution < 1.29 is 17.9 Å². The first-order chi connectivity index (χ1) is 11.2. The number of likely N-dealkylation sites (N-methyl/N-ethyl adjacent to an activating group) is 1. The third-order valence-electron chi connectivity index (χ3n) is 3.93.